The van der Waals surface area contributed by atoms with Crippen LogP contribution in [0.25, 0.3) is 11.3 Å². The lowest BCUT2D eigenvalue weighted by molar-refractivity contribution is 0.102. The summed E-state index contributed by atoms with van der Waals surface area (Å²) >= 11 is 1.30. The number of nitrogens with zero attached hydrogens (tertiary/aromatic N) is 1. The molecule has 6 heteroatoms. The van der Waals surface area contributed by atoms with Crippen LogP contribution in [-0.2, 0) is 11.3 Å². The molecule has 0 unspecified atom stereocenters. The molecule has 1 N–H and O–H groups in total. The number of rotatable bonds is 5. The van der Waals surface area contributed by atoms with Gasteiger partial charge in [0.05, 0.1) is 12.3 Å². The summed E-state index contributed by atoms with van der Waals surface area (Å²) in [6.07, 6.45) is 0. The number of anilines is 1. The molecular formula is C18H15FN2O2S. The maximum Gasteiger partial charge on any atom is 0.257 e. The van der Waals surface area contributed by atoms with Gasteiger partial charge in [-0.2, -0.15) is 0 Å². The number of methoxy groups -OCH3 is 1. The second-order valence-corrected chi connectivity index (χ2v) is 5.99. The zero-order valence-electron chi connectivity index (χ0n) is 13.0. The van der Waals surface area contributed by atoms with Gasteiger partial charge in [0.2, 0.25) is 0 Å². The Morgan fingerprint density at radius 3 is 2.88 bits per heavy atom. The third-order valence-corrected chi connectivity index (χ3v) is 4.10. The lowest BCUT2D eigenvalue weighted by atomic mass is 10.1. The van der Waals surface area contributed by atoms with Crippen LogP contribution in [-0.4, -0.2) is 18.0 Å². The number of amides is 1. The normalized spacial score (nSPS) is 10.6. The molecular weight excluding hydrogens is 327 g/mol. The van der Waals surface area contributed by atoms with Crippen molar-refractivity contribution >= 4 is 22.4 Å². The zero-order valence-corrected chi connectivity index (χ0v) is 13.8. The van der Waals surface area contributed by atoms with Gasteiger partial charge in [-0.1, -0.05) is 24.3 Å². The molecule has 0 bridgehead atoms. The quantitative estimate of drug-likeness (QED) is 0.750. The first-order valence-electron chi connectivity index (χ1n) is 7.26. The molecule has 0 atom stereocenters. The van der Waals surface area contributed by atoms with Crippen LogP contribution in [0.3, 0.4) is 0 Å². The number of halogens is 1. The van der Waals surface area contributed by atoms with Crippen LogP contribution in [0.15, 0.2) is 53.9 Å². The summed E-state index contributed by atoms with van der Waals surface area (Å²) in [6.45, 7) is 0.447. The van der Waals surface area contributed by atoms with E-state index >= 15 is 0 Å². The minimum Gasteiger partial charge on any atom is -0.380 e. The number of carbonyl (C=O) groups is 1. The van der Waals surface area contributed by atoms with Gasteiger partial charge in [-0.05, 0) is 29.8 Å². The largest absolute Gasteiger partial charge is 0.380 e. The topological polar surface area (TPSA) is 51.2 Å². The van der Waals surface area contributed by atoms with E-state index in [0.717, 1.165) is 5.56 Å². The van der Waals surface area contributed by atoms with Crippen molar-refractivity contribution in [1.29, 1.82) is 0 Å². The molecule has 2 aromatic carbocycles. The van der Waals surface area contributed by atoms with Gasteiger partial charge in [-0.25, -0.2) is 9.37 Å². The summed E-state index contributed by atoms with van der Waals surface area (Å²) in [5, 5.41) is 5.02. The Balaban J connectivity index is 1.75. The predicted octanol–water partition coefficient (Wildman–Crippen LogP) is 4.35. The number of nitrogens with one attached hydrogen (secondary N) is 1. The molecule has 3 rings (SSSR count). The fraction of sp³-hybridized carbons (Fsp3) is 0.111. The van der Waals surface area contributed by atoms with E-state index in [1.165, 1.54) is 23.5 Å². The molecule has 0 saturated carbocycles. The van der Waals surface area contributed by atoms with Crippen molar-refractivity contribution in [3.8, 4) is 11.3 Å². The Morgan fingerprint density at radius 2 is 2.08 bits per heavy atom. The smallest absolute Gasteiger partial charge is 0.257 e. The maximum absolute atomic E-state index is 13.3. The summed E-state index contributed by atoms with van der Waals surface area (Å²) in [7, 11) is 1.61. The van der Waals surface area contributed by atoms with Gasteiger partial charge < -0.3 is 4.74 Å². The SMILES string of the molecule is COCc1cccc(C(=O)Nc2nc(-c3cccc(F)c3)cs2)c1. The molecule has 0 aliphatic heterocycles. The van der Waals surface area contributed by atoms with E-state index in [2.05, 4.69) is 10.3 Å². The average molecular weight is 342 g/mol. The highest BCUT2D eigenvalue weighted by atomic mass is 32.1. The molecule has 24 heavy (non-hydrogen) atoms. The number of carbonyl (C=O) groups excluding carboxylic acids is 1. The van der Waals surface area contributed by atoms with Gasteiger partial charge >= 0.3 is 0 Å². The van der Waals surface area contributed by atoms with Crippen LogP contribution in [0.4, 0.5) is 9.52 Å². The molecule has 122 valence electrons. The van der Waals surface area contributed by atoms with Crippen molar-refractivity contribution < 1.29 is 13.9 Å². The van der Waals surface area contributed by atoms with Crippen LogP contribution in [0, 0.1) is 5.82 Å². The first-order chi connectivity index (χ1) is 11.7. The summed E-state index contributed by atoms with van der Waals surface area (Å²) in [6, 6.07) is 13.4. The van der Waals surface area contributed by atoms with Crippen LogP contribution in [0.1, 0.15) is 15.9 Å². The number of thiazole rings is 1. The van der Waals surface area contributed by atoms with Gasteiger partial charge in [-0.15, -0.1) is 11.3 Å². The van der Waals surface area contributed by atoms with Crippen molar-refractivity contribution in [3.05, 3.63) is 70.9 Å². The summed E-state index contributed by atoms with van der Waals surface area (Å²) in [4.78, 5) is 16.7. The monoisotopic (exact) mass is 342 g/mol. The number of hydrogen-bond acceptors (Lipinski definition) is 4. The Bertz CT molecular complexity index is 863. The molecule has 0 fully saturated rings. The zero-order chi connectivity index (χ0) is 16.9. The van der Waals surface area contributed by atoms with Crippen molar-refractivity contribution in [3.63, 3.8) is 0 Å². The molecule has 1 amide bonds. The molecule has 0 aliphatic carbocycles. The molecule has 1 aromatic heterocycles. The molecule has 4 nitrogen and oxygen atoms in total. The van der Waals surface area contributed by atoms with E-state index < -0.39 is 0 Å². The number of hydrogen-bond donors (Lipinski definition) is 1. The summed E-state index contributed by atoms with van der Waals surface area (Å²) in [5.74, 6) is -0.561. The molecule has 1 heterocycles. The van der Waals surface area contributed by atoms with Crippen molar-refractivity contribution in [1.82, 2.24) is 4.98 Å². The first kappa shape index (κ1) is 16.3. The Kier molecular flexibility index (Phi) is 4.98. The lowest BCUT2D eigenvalue weighted by Gasteiger charge is -2.04. The van der Waals surface area contributed by atoms with E-state index in [1.54, 1.807) is 36.8 Å². The lowest BCUT2D eigenvalue weighted by Crippen LogP contribution is -2.12. The van der Waals surface area contributed by atoms with Crippen molar-refractivity contribution in [2.75, 3.05) is 12.4 Å². The van der Waals surface area contributed by atoms with Crippen molar-refractivity contribution in [2.45, 2.75) is 6.61 Å². The first-order valence-corrected chi connectivity index (χ1v) is 8.14. The van der Waals surface area contributed by atoms with E-state index in [-0.39, 0.29) is 11.7 Å². The van der Waals surface area contributed by atoms with Crippen LogP contribution >= 0.6 is 11.3 Å². The van der Waals surface area contributed by atoms with Crippen LogP contribution in [0.5, 0.6) is 0 Å². The van der Waals surface area contributed by atoms with E-state index in [9.17, 15) is 9.18 Å². The predicted molar refractivity (Wildman–Crippen MR) is 92.6 cm³/mol. The van der Waals surface area contributed by atoms with Crippen molar-refractivity contribution in [2.24, 2.45) is 0 Å². The molecule has 3 aromatic rings. The fourth-order valence-electron chi connectivity index (χ4n) is 2.25. The average Bonchev–Trinajstić information content (AvgIpc) is 3.04. The van der Waals surface area contributed by atoms with Gasteiger partial charge in [0.25, 0.3) is 5.91 Å². The van der Waals surface area contributed by atoms with E-state index in [1.807, 2.05) is 12.1 Å². The van der Waals surface area contributed by atoms with Gasteiger partial charge in [-0.3, -0.25) is 10.1 Å². The highest BCUT2D eigenvalue weighted by Crippen LogP contribution is 2.25. The molecule has 0 radical (unpaired) electrons. The second-order valence-electron chi connectivity index (χ2n) is 5.14. The van der Waals surface area contributed by atoms with Crippen LogP contribution < -0.4 is 5.32 Å². The molecule has 0 spiro atoms. The number of ether oxygens (including phenoxy) is 1. The highest BCUT2D eigenvalue weighted by Gasteiger charge is 2.11. The summed E-state index contributed by atoms with van der Waals surface area (Å²) < 4.78 is 18.4. The summed E-state index contributed by atoms with van der Waals surface area (Å²) in [5.41, 5.74) is 2.76. The maximum atomic E-state index is 13.3. The Hall–Kier alpha value is -2.57. The number of benzene rings is 2. The Labute approximate surface area is 142 Å². The number of aromatic nitrogens is 1. The van der Waals surface area contributed by atoms with Crippen LogP contribution in [0.2, 0.25) is 0 Å². The third-order valence-electron chi connectivity index (χ3n) is 3.35. The van der Waals surface area contributed by atoms with Gasteiger partial charge in [0.15, 0.2) is 5.13 Å². The van der Waals surface area contributed by atoms with Gasteiger partial charge in [0, 0.05) is 23.6 Å². The van der Waals surface area contributed by atoms with E-state index in [0.29, 0.717) is 28.6 Å². The third kappa shape index (κ3) is 3.84. The Morgan fingerprint density at radius 1 is 1.25 bits per heavy atom. The minimum atomic E-state index is -0.318. The standard InChI is InChI=1S/C18H15FN2O2S/c1-23-10-12-4-2-6-14(8-12)17(22)21-18-20-16(11-24-18)13-5-3-7-15(19)9-13/h2-9,11H,10H2,1H3,(H,20,21,22). The van der Waals surface area contributed by atoms with Gasteiger partial charge in [0.1, 0.15) is 5.82 Å². The highest BCUT2D eigenvalue weighted by molar-refractivity contribution is 7.14. The fourth-order valence-corrected chi connectivity index (χ4v) is 2.96. The minimum absolute atomic E-state index is 0.243. The van der Waals surface area contributed by atoms with E-state index in [4.69, 9.17) is 4.74 Å². The molecule has 0 saturated heterocycles. The molecule has 0 aliphatic rings. The second kappa shape index (κ2) is 7.33.